The second kappa shape index (κ2) is 8.07. The lowest BCUT2D eigenvalue weighted by Gasteiger charge is -2.34. The Bertz CT molecular complexity index is 876. The fraction of sp³-hybridized carbons (Fsp3) is 0.412. The van der Waals surface area contributed by atoms with Crippen LogP contribution in [0.1, 0.15) is 11.3 Å². The first-order valence-electron chi connectivity index (χ1n) is 8.57. The van der Waals surface area contributed by atoms with Crippen LogP contribution in [0, 0.1) is 6.92 Å². The molecular weight excluding hydrogens is 372 g/mol. The van der Waals surface area contributed by atoms with Crippen molar-refractivity contribution in [3.8, 4) is 0 Å². The molecule has 0 spiro atoms. The highest BCUT2D eigenvalue weighted by molar-refractivity contribution is 7.87. The second-order valence-corrected chi connectivity index (χ2v) is 8.09. The number of nitrogens with zero attached hydrogens (tertiary/aromatic N) is 3. The molecule has 1 aliphatic rings. The van der Waals surface area contributed by atoms with Crippen LogP contribution in [0.15, 0.2) is 40.9 Å². The van der Waals surface area contributed by atoms with E-state index in [0.717, 1.165) is 5.56 Å². The zero-order valence-electron chi connectivity index (χ0n) is 14.9. The smallest absolute Gasteiger partial charge is 0.322 e. The number of aryl methyl sites for hydroxylation is 1. The zero-order valence-corrected chi connectivity index (χ0v) is 15.7. The van der Waals surface area contributed by atoms with Crippen molar-refractivity contribution in [3.05, 3.63) is 47.7 Å². The number of hydrogen-bond donors (Lipinski definition) is 2. The number of nitrogens with one attached hydrogen (secondary N) is 1. The average molecular weight is 394 g/mol. The number of carboxylic acid groups (broad SMARTS) is 1. The molecule has 2 aromatic rings. The molecule has 27 heavy (non-hydrogen) atoms. The highest BCUT2D eigenvalue weighted by atomic mass is 32.2. The number of piperazine rings is 1. The van der Waals surface area contributed by atoms with Crippen molar-refractivity contribution in [1.29, 1.82) is 0 Å². The molecule has 2 N–H and O–H groups in total. The Hall–Kier alpha value is -2.43. The molecule has 0 amide bonds. The fourth-order valence-electron chi connectivity index (χ4n) is 2.94. The first kappa shape index (κ1) is 19.3. The van der Waals surface area contributed by atoms with E-state index in [2.05, 4.69) is 9.88 Å². The largest absolute Gasteiger partial charge is 0.480 e. The highest BCUT2D eigenvalue weighted by Gasteiger charge is 2.32. The number of benzene rings is 1. The van der Waals surface area contributed by atoms with Crippen molar-refractivity contribution in [3.63, 3.8) is 0 Å². The van der Waals surface area contributed by atoms with E-state index in [4.69, 9.17) is 4.52 Å². The molecule has 1 unspecified atom stereocenters. The summed E-state index contributed by atoms with van der Waals surface area (Å²) in [6, 6.07) is 9.49. The molecule has 0 radical (unpaired) electrons. The fourth-order valence-corrected chi connectivity index (χ4v) is 4.28. The summed E-state index contributed by atoms with van der Waals surface area (Å²) in [6.07, 6.45) is 0.0770. The van der Waals surface area contributed by atoms with E-state index in [-0.39, 0.29) is 19.5 Å². The summed E-state index contributed by atoms with van der Waals surface area (Å²) in [5.74, 6) is 0.149. The van der Waals surface area contributed by atoms with Gasteiger partial charge in [0, 0.05) is 32.2 Å². The van der Waals surface area contributed by atoms with Crippen LogP contribution in [0.25, 0.3) is 0 Å². The SMILES string of the molecule is Cc1cc(N2CCN(S(=O)(=O)NC(Cc3ccccc3)C(=O)O)CC2)no1. The number of carboxylic acids is 1. The van der Waals surface area contributed by atoms with Gasteiger partial charge in [-0.2, -0.15) is 17.4 Å². The first-order chi connectivity index (χ1) is 12.8. The third-order valence-corrected chi connectivity index (χ3v) is 6.02. The van der Waals surface area contributed by atoms with Gasteiger partial charge in [-0.05, 0) is 18.9 Å². The van der Waals surface area contributed by atoms with Gasteiger partial charge in [0.2, 0.25) is 0 Å². The molecule has 1 aromatic heterocycles. The quantitative estimate of drug-likeness (QED) is 0.708. The van der Waals surface area contributed by atoms with Gasteiger partial charge in [-0.3, -0.25) is 4.79 Å². The van der Waals surface area contributed by atoms with Crippen LogP contribution in [0.4, 0.5) is 5.82 Å². The van der Waals surface area contributed by atoms with E-state index >= 15 is 0 Å². The Kier molecular flexibility index (Phi) is 5.78. The number of carbonyl (C=O) groups is 1. The summed E-state index contributed by atoms with van der Waals surface area (Å²) >= 11 is 0. The van der Waals surface area contributed by atoms with Gasteiger partial charge in [0.25, 0.3) is 10.2 Å². The predicted molar refractivity (Wildman–Crippen MR) is 98.7 cm³/mol. The monoisotopic (exact) mass is 394 g/mol. The van der Waals surface area contributed by atoms with Crippen LogP contribution < -0.4 is 9.62 Å². The topological polar surface area (TPSA) is 116 Å². The lowest BCUT2D eigenvalue weighted by atomic mass is 10.1. The maximum absolute atomic E-state index is 12.6. The Labute approximate surface area is 157 Å². The molecular formula is C17H22N4O5S. The molecule has 10 heteroatoms. The Morgan fingerprint density at radius 2 is 1.93 bits per heavy atom. The van der Waals surface area contributed by atoms with Gasteiger partial charge in [-0.15, -0.1) is 0 Å². The summed E-state index contributed by atoms with van der Waals surface area (Å²) in [5.41, 5.74) is 0.749. The van der Waals surface area contributed by atoms with Crippen molar-refractivity contribution >= 4 is 22.0 Å². The number of rotatable bonds is 7. The molecule has 1 fully saturated rings. The lowest BCUT2D eigenvalue weighted by molar-refractivity contribution is -0.138. The molecule has 1 aromatic carbocycles. The first-order valence-corrected chi connectivity index (χ1v) is 10.0. The standard InChI is InChI=1S/C17H22N4O5S/c1-13-11-16(18-26-13)20-7-9-21(10-8-20)27(24,25)19-15(17(22)23)12-14-5-3-2-4-6-14/h2-6,11,15,19H,7-10,12H2,1H3,(H,22,23). The molecule has 1 aliphatic heterocycles. The van der Waals surface area contributed by atoms with E-state index in [1.807, 2.05) is 11.0 Å². The molecule has 3 rings (SSSR count). The van der Waals surface area contributed by atoms with Crippen molar-refractivity contribution in [2.75, 3.05) is 31.1 Å². The van der Waals surface area contributed by atoms with Crippen LogP contribution in [0.2, 0.25) is 0 Å². The summed E-state index contributed by atoms with van der Waals surface area (Å²) in [7, 11) is -3.92. The summed E-state index contributed by atoms with van der Waals surface area (Å²) in [6.45, 7) is 3.16. The molecule has 0 saturated carbocycles. The Morgan fingerprint density at radius 1 is 1.26 bits per heavy atom. The van der Waals surface area contributed by atoms with Crippen LogP contribution >= 0.6 is 0 Å². The third-order valence-electron chi connectivity index (χ3n) is 4.39. The highest BCUT2D eigenvalue weighted by Crippen LogP contribution is 2.17. The number of aliphatic carboxylic acids is 1. The number of aromatic nitrogens is 1. The summed E-state index contributed by atoms with van der Waals surface area (Å²) in [4.78, 5) is 13.5. The van der Waals surface area contributed by atoms with Crippen LogP contribution in [-0.2, 0) is 21.4 Å². The molecule has 0 aliphatic carbocycles. The maximum atomic E-state index is 12.6. The maximum Gasteiger partial charge on any atom is 0.322 e. The normalized spacial score (nSPS) is 17.0. The lowest BCUT2D eigenvalue weighted by Crippen LogP contribution is -2.55. The van der Waals surface area contributed by atoms with Crippen LogP contribution in [-0.4, -0.2) is 61.2 Å². The van der Waals surface area contributed by atoms with Gasteiger partial charge in [-0.25, -0.2) is 0 Å². The van der Waals surface area contributed by atoms with Crippen LogP contribution in [0.3, 0.4) is 0 Å². The van der Waals surface area contributed by atoms with Gasteiger partial charge in [0.1, 0.15) is 11.8 Å². The minimum absolute atomic E-state index is 0.0770. The van der Waals surface area contributed by atoms with E-state index in [9.17, 15) is 18.3 Å². The summed E-state index contributed by atoms with van der Waals surface area (Å²) in [5, 5.41) is 13.4. The molecule has 2 heterocycles. The predicted octanol–water partition coefficient (Wildman–Crippen LogP) is 0.635. The summed E-state index contributed by atoms with van der Waals surface area (Å²) < 4.78 is 33.9. The van der Waals surface area contributed by atoms with E-state index < -0.39 is 22.2 Å². The molecule has 9 nitrogen and oxygen atoms in total. The molecule has 146 valence electrons. The number of hydrogen-bond acceptors (Lipinski definition) is 6. The minimum Gasteiger partial charge on any atom is -0.480 e. The minimum atomic E-state index is -3.92. The number of anilines is 1. The van der Waals surface area contributed by atoms with Gasteiger partial charge < -0.3 is 14.5 Å². The third kappa shape index (κ3) is 4.85. The van der Waals surface area contributed by atoms with Crippen LogP contribution in [0.5, 0.6) is 0 Å². The second-order valence-electron chi connectivity index (χ2n) is 6.39. The van der Waals surface area contributed by atoms with Crippen molar-refractivity contribution in [2.24, 2.45) is 0 Å². The van der Waals surface area contributed by atoms with E-state index in [1.165, 1.54) is 4.31 Å². The van der Waals surface area contributed by atoms with Gasteiger partial charge in [-0.1, -0.05) is 35.5 Å². The molecule has 0 bridgehead atoms. The zero-order chi connectivity index (χ0) is 19.4. The Morgan fingerprint density at radius 3 is 2.48 bits per heavy atom. The van der Waals surface area contributed by atoms with Crippen molar-refractivity contribution in [1.82, 2.24) is 14.2 Å². The van der Waals surface area contributed by atoms with Crippen molar-refractivity contribution < 1.29 is 22.8 Å². The van der Waals surface area contributed by atoms with E-state index in [1.54, 1.807) is 37.3 Å². The van der Waals surface area contributed by atoms with Gasteiger partial charge in [0.05, 0.1) is 0 Å². The van der Waals surface area contributed by atoms with E-state index in [0.29, 0.717) is 24.7 Å². The average Bonchev–Trinajstić information content (AvgIpc) is 3.08. The Balaban J connectivity index is 1.62. The van der Waals surface area contributed by atoms with Gasteiger partial charge >= 0.3 is 5.97 Å². The van der Waals surface area contributed by atoms with Gasteiger partial charge in [0.15, 0.2) is 5.82 Å². The molecule has 1 saturated heterocycles. The van der Waals surface area contributed by atoms with Crippen molar-refractivity contribution in [2.45, 2.75) is 19.4 Å². The molecule has 1 atom stereocenters.